The summed E-state index contributed by atoms with van der Waals surface area (Å²) in [5.74, 6) is 0.424. The molecule has 0 aromatic heterocycles. The molecule has 2 fully saturated rings. The van der Waals surface area contributed by atoms with Gasteiger partial charge in [-0.2, -0.15) is 13.2 Å². The van der Waals surface area contributed by atoms with Crippen LogP contribution in [0, 0.1) is 5.92 Å². The Labute approximate surface area is 111 Å². The molecule has 0 aliphatic heterocycles. The van der Waals surface area contributed by atoms with E-state index in [0.717, 1.165) is 38.5 Å². The molecule has 2 rings (SSSR count). The number of carbonyl (C=O) groups is 1. The molecule has 0 aromatic rings. The van der Waals surface area contributed by atoms with Crippen LogP contribution in [0.1, 0.15) is 44.9 Å². The maximum Gasteiger partial charge on any atom is 0.422 e. The third-order valence-corrected chi connectivity index (χ3v) is 3.76. The van der Waals surface area contributed by atoms with Gasteiger partial charge in [-0.25, -0.2) is 4.79 Å². The highest BCUT2D eigenvalue weighted by Crippen LogP contribution is 2.32. The zero-order valence-corrected chi connectivity index (χ0v) is 10.9. The molecule has 1 amide bonds. The lowest BCUT2D eigenvalue weighted by atomic mass is 9.89. The Morgan fingerprint density at radius 3 is 2.26 bits per heavy atom. The maximum atomic E-state index is 12.1. The van der Waals surface area contributed by atoms with Crippen molar-refractivity contribution in [1.82, 2.24) is 4.90 Å². The quantitative estimate of drug-likeness (QED) is 0.784. The minimum absolute atomic E-state index is 0.0997. The van der Waals surface area contributed by atoms with Gasteiger partial charge in [0.2, 0.25) is 0 Å². The molecule has 0 spiro atoms. The van der Waals surface area contributed by atoms with Crippen molar-refractivity contribution in [3.63, 3.8) is 0 Å². The van der Waals surface area contributed by atoms with Crippen LogP contribution >= 0.6 is 0 Å². The van der Waals surface area contributed by atoms with E-state index in [4.69, 9.17) is 0 Å². The molecule has 2 aliphatic carbocycles. The molecule has 19 heavy (non-hydrogen) atoms. The number of ether oxygens (including phenoxy) is 1. The minimum Gasteiger partial charge on any atom is -0.440 e. The number of hydrogen-bond donors (Lipinski definition) is 0. The smallest absolute Gasteiger partial charge is 0.422 e. The summed E-state index contributed by atoms with van der Waals surface area (Å²) in [5, 5.41) is 0. The Morgan fingerprint density at radius 2 is 1.74 bits per heavy atom. The molecule has 0 N–H and O–H groups in total. The van der Waals surface area contributed by atoms with Gasteiger partial charge in [-0.3, -0.25) is 0 Å². The van der Waals surface area contributed by atoms with Crippen molar-refractivity contribution in [3.05, 3.63) is 0 Å². The Kier molecular flexibility index (Phi) is 4.58. The molecule has 6 heteroatoms. The Bertz CT molecular complexity index is 310. The zero-order chi connectivity index (χ0) is 13.9. The molecule has 0 saturated heterocycles. The highest BCUT2D eigenvalue weighted by Gasteiger charge is 2.37. The van der Waals surface area contributed by atoms with Gasteiger partial charge in [0.15, 0.2) is 6.61 Å². The molecule has 0 atom stereocenters. The van der Waals surface area contributed by atoms with Crippen LogP contribution in [0.2, 0.25) is 0 Å². The fourth-order valence-corrected chi connectivity index (χ4v) is 2.63. The average Bonchev–Trinajstić information content (AvgIpc) is 3.18. The summed E-state index contributed by atoms with van der Waals surface area (Å²) in [6.45, 7) is -0.929. The molecule has 0 aromatic carbocycles. The van der Waals surface area contributed by atoms with E-state index in [9.17, 15) is 18.0 Å². The van der Waals surface area contributed by atoms with Crippen molar-refractivity contribution in [2.45, 2.75) is 57.2 Å². The van der Waals surface area contributed by atoms with E-state index in [1.807, 2.05) is 0 Å². The van der Waals surface area contributed by atoms with Gasteiger partial charge in [0, 0.05) is 12.6 Å². The summed E-state index contributed by atoms with van der Waals surface area (Å²) in [5.41, 5.74) is 0. The Balaban J connectivity index is 1.82. The van der Waals surface area contributed by atoms with Crippen LogP contribution in [-0.4, -0.2) is 36.4 Å². The van der Waals surface area contributed by atoms with Crippen molar-refractivity contribution < 1.29 is 22.7 Å². The fourth-order valence-electron chi connectivity index (χ4n) is 2.63. The van der Waals surface area contributed by atoms with Gasteiger partial charge in [-0.1, -0.05) is 19.3 Å². The second kappa shape index (κ2) is 6.01. The summed E-state index contributed by atoms with van der Waals surface area (Å²) in [6, 6.07) is 0.0997. The molecular formula is C13H20F3NO2. The topological polar surface area (TPSA) is 29.5 Å². The van der Waals surface area contributed by atoms with Gasteiger partial charge in [-0.15, -0.1) is 0 Å². The average molecular weight is 279 g/mol. The molecule has 2 aliphatic rings. The molecule has 0 heterocycles. The van der Waals surface area contributed by atoms with Crippen molar-refractivity contribution in [2.24, 2.45) is 5.92 Å². The van der Waals surface area contributed by atoms with Crippen LogP contribution in [0.5, 0.6) is 0 Å². The highest BCUT2D eigenvalue weighted by molar-refractivity contribution is 5.68. The van der Waals surface area contributed by atoms with Crippen molar-refractivity contribution in [2.75, 3.05) is 13.2 Å². The molecule has 3 nitrogen and oxygen atoms in total. The minimum atomic E-state index is -4.45. The van der Waals surface area contributed by atoms with Crippen molar-refractivity contribution >= 4 is 6.09 Å². The summed E-state index contributed by atoms with van der Waals surface area (Å²) >= 11 is 0. The number of rotatable bonds is 4. The lowest BCUT2D eigenvalue weighted by molar-refractivity contribution is -0.162. The monoisotopic (exact) mass is 279 g/mol. The van der Waals surface area contributed by atoms with E-state index in [1.54, 1.807) is 0 Å². The van der Waals surface area contributed by atoms with Gasteiger partial charge >= 0.3 is 12.3 Å². The first-order valence-electron chi connectivity index (χ1n) is 6.96. The Morgan fingerprint density at radius 1 is 1.11 bits per heavy atom. The summed E-state index contributed by atoms with van der Waals surface area (Å²) in [4.78, 5) is 13.3. The summed E-state index contributed by atoms with van der Waals surface area (Å²) in [6.07, 6.45) is 2.17. The molecule has 0 unspecified atom stereocenters. The van der Waals surface area contributed by atoms with E-state index >= 15 is 0 Å². The lowest BCUT2D eigenvalue weighted by Gasteiger charge is -2.29. The molecule has 0 bridgehead atoms. The summed E-state index contributed by atoms with van der Waals surface area (Å²) in [7, 11) is 0. The largest absolute Gasteiger partial charge is 0.440 e. The van der Waals surface area contributed by atoms with Crippen LogP contribution in [0.3, 0.4) is 0 Å². The van der Waals surface area contributed by atoms with Gasteiger partial charge in [0.1, 0.15) is 0 Å². The SMILES string of the molecule is O=C(OCC(F)(F)F)N(CC1CCCCC1)C1CC1. The predicted octanol–water partition coefficient (Wildman–Crippen LogP) is 3.73. The first-order chi connectivity index (χ1) is 8.96. The molecule has 110 valence electrons. The second-order valence-electron chi connectivity index (χ2n) is 5.56. The number of nitrogens with zero attached hydrogens (tertiary/aromatic N) is 1. The first kappa shape index (κ1) is 14.5. The van der Waals surface area contributed by atoms with E-state index in [0.29, 0.717) is 12.5 Å². The molecule has 2 saturated carbocycles. The van der Waals surface area contributed by atoms with Crippen LogP contribution in [0.4, 0.5) is 18.0 Å². The molecule has 0 radical (unpaired) electrons. The fraction of sp³-hybridized carbons (Fsp3) is 0.923. The number of alkyl halides is 3. The molecular weight excluding hydrogens is 259 g/mol. The van der Waals surface area contributed by atoms with E-state index in [-0.39, 0.29) is 6.04 Å². The van der Waals surface area contributed by atoms with Gasteiger partial charge in [0.25, 0.3) is 0 Å². The lowest BCUT2D eigenvalue weighted by Crippen LogP contribution is -2.39. The van der Waals surface area contributed by atoms with Gasteiger partial charge in [-0.05, 0) is 31.6 Å². The second-order valence-corrected chi connectivity index (χ2v) is 5.56. The van der Waals surface area contributed by atoms with E-state index in [1.165, 1.54) is 11.3 Å². The number of carbonyl (C=O) groups excluding carboxylic acids is 1. The zero-order valence-electron chi connectivity index (χ0n) is 10.9. The van der Waals surface area contributed by atoms with E-state index < -0.39 is 18.9 Å². The highest BCUT2D eigenvalue weighted by atomic mass is 19.4. The van der Waals surface area contributed by atoms with E-state index in [2.05, 4.69) is 4.74 Å². The van der Waals surface area contributed by atoms with Crippen LogP contribution in [-0.2, 0) is 4.74 Å². The van der Waals surface area contributed by atoms with Gasteiger partial charge < -0.3 is 9.64 Å². The van der Waals surface area contributed by atoms with Crippen LogP contribution in [0.25, 0.3) is 0 Å². The van der Waals surface area contributed by atoms with Crippen LogP contribution in [0.15, 0.2) is 0 Å². The van der Waals surface area contributed by atoms with Gasteiger partial charge in [0.05, 0.1) is 0 Å². The van der Waals surface area contributed by atoms with Crippen molar-refractivity contribution in [1.29, 1.82) is 0 Å². The number of halogens is 3. The van der Waals surface area contributed by atoms with Crippen molar-refractivity contribution in [3.8, 4) is 0 Å². The third kappa shape index (κ3) is 4.91. The maximum absolute atomic E-state index is 12.1. The Hall–Kier alpha value is -0.940. The summed E-state index contributed by atoms with van der Waals surface area (Å²) < 4.78 is 40.6. The standard InChI is InChI=1S/C13H20F3NO2/c14-13(15,16)9-19-12(18)17(11-6-7-11)8-10-4-2-1-3-5-10/h10-11H,1-9H2. The number of hydrogen-bond acceptors (Lipinski definition) is 2. The number of amides is 1. The first-order valence-corrected chi connectivity index (χ1v) is 6.96. The van der Waals surface area contributed by atoms with Crippen LogP contribution < -0.4 is 0 Å². The predicted molar refractivity (Wildman–Crippen MR) is 63.7 cm³/mol. The third-order valence-electron chi connectivity index (χ3n) is 3.76. The normalized spacial score (nSPS) is 21.2.